The third kappa shape index (κ3) is 3.93. The minimum atomic E-state index is -3.21. The van der Waals surface area contributed by atoms with Gasteiger partial charge in [-0.1, -0.05) is 20.8 Å². The fourth-order valence-electron chi connectivity index (χ4n) is 2.36. The maximum absolute atomic E-state index is 12.5. The molecular weight excluding hydrogens is 236 g/mol. The molecule has 0 aromatic carbocycles. The Morgan fingerprint density at radius 3 is 2.29 bits per heavy atom. The van der Waals surface area contributed by atoms with Gasteiger partial charge in [0.2, 0.25) is 0 Å². The molecule has 1 rings (SSSR count). The van der Waals surface area contributed by atoms with Gasteiger partial charge in [-0.2, -0.15) is 17.0 Å². The molecule has 1 heterocycles. The number of hydrogen-bond donors (Lipinski definition) is 0. The summed E-state index contributed by atoms with van der Waals surface area (Å²) in [7, 11) is -3.21. The summed E-state index contributed by atoms with van der Waals surface area (Å²) >= 11 is 0. The highest BCUT2D eigenvalue weighted by molar-refractivity contribution is 7.86. The first-order valence-corrected chi connectivity index (χ1v) is 8.17. The lowest BCUT2D eigenvalue weighted by Gasteiger charge is -2.34. The largest absolute Gasteiger partial charge is 0.281 e. The first-order valence-electron chi connectivity index (χ1n) is 6.77. The summed E-state index contributed by atoms with van der Waals surface area (Å²) in [4.78, 5) is 0. The van der Waals surface area contributed by atoms with E-state index in [9.17, 15) is 8.42 Å². The quantitative estimate of drug-likeness (QED) is 0.735. The molecule has 0 bridgehead atoms. The molecule has 0 aliphatic carbocycles. The Bertz CT molecular complexity index is 300. The van der Waals surface area contributed by atoms with Gasteiger partial charge in [-0.25, -0.2) is 0 Å². The fraction of sp³-hybridized carbons (Fsp3) is 1.00. The Kier molecular flexibility index (Phi) is 5.89. The van der Waals surface area contributed by atoms with Crippen LogP contribution in [-0.2, 0) is 10.2 Å². The molecule has 5 heteroatoms. The predicted molar refractivity (Wildman–Crippen MR) is 71.0 cm³/mol. The Morgan fingerprint density at radius 2 is 1.82 bits per heavy atom. The lowest BCUT2D eigenvalue weighted by molar-refractivity contribution is 0.257. The van der Waals surface area contributed by atoms with E-state index in [4.69, 9.17) is 0 Å². The summed E-state index contributed by atoms with van der Waals surface area (Å²) in [5.74, 6) is 0.489. The summed E-state index contributed by atoms with van der Waals surface area (Å²) in [5, 5.41) is 0. The SMILES string of the molecule is CCCN(CCC)S(=O)(=O)N1CCCC(C)C1. The highest BCUT2D eigenvalue weighted by atomic mass is 32.2. The van der Waals surface area contributed by atoms with Crippen LogP contribution in [0.1, 0.15) is 46.5 Å². The van der Waals surface area contributed by atoms with E-state index in [2.05, 4.69) is 6.92 Å². The lowest BCUT2D eigenvalue weighted by Crippen LogP contribution is -2.48. The second kappa shape index (κ2) is 6.71. The standard InChI is InChI=1S/C12H26N2O2S/c1-4-8-13(9-5-2)17(15,16)14-10-6-7-12(3)11-14/h12H,4-11H2,1-3H3. The van der Waals surface area contributed by atoms with Crippen LogP contribution in [0.15, 0.2) is 0 Å². The van der Waals surface area contributed by atoms with Gasteiger partial charge < -0.3 is 0 Å². The Labute approximate surface area is 106 Å². The third-order valence-corrected chi connectivity index (χ3v) is 5.22. The van der Waals surface area contributed by atoms with Crippen LogP contribution in [0.25, 0.3) is 0 Å². The fourth-order valence-corrected chi connectivity index (χ4v) is 4.32. The average molecular weight is 262 g/mol. The molecule has 0 aromatic rings. The van der Waals surface area contributed by atoms with Crippen LogP contribution >= 0.6 is 0 Å². The van der Waals surface area contributed by atoms with E-state index in [1.54, 1.807) is 8.61 Å². The van der Waals surface area contributed by atoms with Crippen LogP contribution in [-0.4, -0.2) is 43.2 Å². The summed E-state index contributed by atoms with van der Waals surface area (Å²) in [5.41, 5.74) is 0. The van der Waals surface area contributed by atoms with Crippen LogP contribution in [0.3, 0.4) is 0 Å². The van der Waals surface area contributed by atoms with E-state index in [0.717, 1.165) is 25.7 Å². The van der Waals surface area contributed by atoms with E-state index >= 15 is 0 Å². The molecule has 1 atom stereocenters. The van der Waals surface area contributed by atoms with Crippen LogP contribution in [0.5, 0.6) is 0 Å². The normalized spacial score (nSPS) is 23.2. The Hall–Kier alpha value is -0.130. The zero-order valence-corrected chi connectivity index (χ0v) is 12.2. The van der Waals surface area contributed by atoms with Crippen molar-refractivity contribution in [2.75, 3.05) is 26.2 Å². The first-order chi connectivity index (χ1) is 8.02. The van der Waals surface area contributed by atoms with Gasteiger partial charge in [-0.3, -0.25) is 0 Å². The Morgan fingerprint density at radius 1 is 1.24 bits per heavy atom. The smallest absolute Gasteiger partial charge is 0.195 e. The van der Waals surface area contributed by atoms with Gasteiger partial charge in [0, 0.05) is 26.2 Å². The zero-order chi connectivity index (χ0) is 12.9. The maximum atomic E-state index is 12.5. The lowest BCUT2D eigenvalue weighted by atomic mass is 10.0. The van der Waals surface area contributed by atoms with Crippen LogP contribution in [0.2, 0.25) is 0 Å². The average Bonchev–Trinajstić information content (AvgIpc) is 2.29. The molecule has 0 radical (unpaired) electrons. The molecule has 1 aliphatic heterocycles. The van der Waals surface area contributed by atoms with Gasteiger partial charge in [0.05, 0.1) is 0 Å². The number of piperidine rings is 1. The van der Waals surface area contributed by atoms with Gasteiger partial charge in [0.1, 0.15) is 0 Å². The molecule has 17 heavy (non-hydrogen) atoms. The number of nitrogens with zero attached hydrogens (tertiary/aromatic N) is 2. The van der Waals surface area contributed by atoms with Gasteiger partial charge in [0.15, 0.2) is 0 Å². The summed E-state index contributed by atoms with van der Waals surface area (Å²) in [6.45, 7) is 8.84. The minimum Gasteiger partial charge on any atom is -0.195 e. The topological polar surface area (TPSA) is 40.6 Å². The second-order valence-electron chi connectivity index (χ2n) is 5.01. The van der Waals surface area contributed by atoms with Crippen LogP contribution in [0, 0.1) is 5.92 Å². The van der Waals surface area contributed by atoms with Crippen molar-refractivity contribution in [2.45, 2.75) is 46.5 Å². The molecule has 1 saturated heterocycles. The van der Waals surface area contributed by atoms with Gasteiger partial charge in [-0.15, -0.1) is 0 Å². The van der Waals surface area contributed by atoms with Crippen LogP contribution < -0.4 is 0 Å². The van der Waals surface area contributed by atoms with Gasteiger partial charge in [0.25, 0.3) is 10.2 Å². The second-order valence-corrected chi connectivity index (χ2v) is 6.94. The monoisotopic (exact) mass is 262 g/mol. The van der Waals surface area contributed by atoms with E-state index in [0.29, 0.717) is 32.1 Å². The van der Waals surface area contributed by atoms with E-state index < -0.39 is 10.2 Å². The molecule has 4 nitrogen and oxygen atoms in total. The summed E-state index contributed by atoms with van der Waals surface area (Å²) < 4.78 is 28.2. The van der Waals surface area contributed by atoms with Crippen molar-refractivity contribution < 1.29 is 8.42 Å². The van der Waals surface area contributed by atoms with Crippen molar-refractivity contribution in [1.82, 2.24) is 8.61 Å². The van der Waals surface area contributed by atoms with Crippen molar-refractivity contribution >= 4 is 10.2 Å². The van der Waals surface area contributed by atoms with Gasteiger partial charge >= 0.3 is 0 Å². The highest BCUT2D eigenvalue weighted by Crippen LogP contribution is 2.20. The maximum Gasteiger partial charge on any atom is 0.281 e. The van der Waals surface area contributed by atoms with Crippen molar-refractivity contribution in [1.29, 1.82) is 0 Å². The van der Waals surface area contributed by atoms with Crippen LogP contribution in [0.4, 0.5) is 0 Å². The summed E-state index contributed by atoms with van der Waals surface area (Å²) in [6, 6.07) is 0. The van der Waals surface area contributed by atoms with Crippen molar-refractivity contribution in [3.05, 3.63) is 0 Å². The molecular formula is C12H26N2O2S. The van der Waals surface area contributed by atoms with E-state index in [1.807, 2.05) is 13.8 Å². The molecule has 1 fully saturated rings. The molecule has 102 valence electrons. The van der Waals surface area contributed by atoms with Crippen molar-refractivity contribution in [2.24, 2.45) is 5.92 Å². The molecule has 0 saturated carbocycles. The third-order valence-electron chi connectivity index (χ3n) is 3.22. The number of hydrogen-bond acceptors (Lipinski definition) is 2. The van der Waals surface area contributed by atoms with Crippen molar-refractivity contribution in [3.8, 4) is 0 Å². The molecule has 1 unspecified atom stereocenters. The van der Waals surface area contributed by atoms with E-state index in [1.165, 1.54) is 0 Å². The minimum absolute atomic E-state index is 0.489. The zero-order valence-electron chi connectivity index (χ0n) is 11.4. The van der Waals surface area contributed by atoms with E-state index in [-0.39, 0.29) is 0 Å². The first kappa shape index (κ1) is 14.9. The molecule has 0 spiro atoms. The van der Waals surface area contributed by atoms with Crippen molar-refractivity contribution in [3.63, 3.8) is 0 Å². The molecule has 0 N–H and O–H groups in total. The van der Waals surface area contributed by atoms with Gasteiger partial charge in [-0.05, 0) is 31.6 Å². The molecule has 0 amide bonds. The highest BCUT2D eigenvalue weighted by Gasteiger charge is 2.31. The molecule has 1 aliphatic rings. The molecule has 0 aromatic heterocycles. The number of rotatable bonds is 6. The summed E-state index contributed by atoms with van der Waals surface area (Å²) in [6.07, 6.45) is 3.89. The predicted octanol–water partition coefficient (Wildman–Crippen LogP) is 2.09. The Balaban J connectivity index is 2.75.